The summed E-state index contributed by atoms with van der Waals surface area (Å²) in [4.78, 5) is 14.6. The average Bonchev–Trinajstić information content (AvgIpc) is 3.04. The van der Waals surface area contributed by atoms with E-state index in [1.165, 1.54) is 4.73 Å². The van der Waals surface area contributed by atoms with Crippen LogP contribution >= 0.6 is 11.3 Å². The summed E-state index contributed by atoms with van der Waals surface area (Å²) in [5.41, 5.74) is 0.921. The van der Waals surface area contributed by atoms with Gasteiger partial charge in [0.2, 0.25) is 5.88 Å². The van der Waals surface area contributed by atoms with Crippen LogP contribution in [0.4, 0.5) is 5.82 Å². The second-order valence-electron chi connectivity index (χ2n) is 5.95. The van der Waals surface area contributed by atoms with Crippen molar-refractivity contribution in [2.45, 2.75) is 6.54 Å². The van der Waals surface area contributed by atoms with Crippen molar-refractivity contribution >= 4 is 27.5 Å². The lowest BCUT2D eigenvalue weighted by molar-refractivity contribution is -0.894. The minimum Gasteiger partial charge on any atom is -0.481 e. The van der Waals surface area contributed by atoms with Gasteiger partial charge in [-0.3, -0.25) is 9.80 Å². The molecule has 1 N–H and O–H groups in total. The van der Waals surface area contributed by atoms with Gasteiger partial charge in [0, 0.05) is 25.2 Å². The van der Waals surface area contributed by atoms with Gasteiger partial charge in [0.1, 0.15) is 21.6 Å². The van der Waals surface area contributed by atoms with Gasteiger partial charge in [-0.2, -0.15) is 0 Å². The van der Waals surface area contributed by atoms with Crippen LogP contribution in [0.1, 0.15) is 5.01 Å². The normalized spacial score (nSPS) is 15.6. The molecule has 0 amide bonds. The minimum absolute atomic E-state index is 0.622. The van der Waals surface area contributed by atoms with Gasteiger partial charge >= 0.3 is 5.82 Å². The third-order valence-corrected chi connectivity index (χ3v) is 5.31. The van der Waals surface area contributed by atoms with Gasteiger partial charge in [-0.25, -0.2) is 9.97 Å². The predicted molar refractivity (Wildman–Crippen MR) is 95.3 cm³/mol. The zero-order valence-electron chi connectivity index (χ0n) is 14.0. The summed E-state index contributed by atoms with van der Waals surface area (Å²) < 4.78 is 6.36. The average molecular weight is 358 g/mol. The van der Waals surface area contributed by atoms with E-state index in [4.69, 9.17) is 4.74 Å². The van der Waals surface area contributed by atoms with Crippen LogP contribution in [0.25, 0.3) is 10.3 Å². The van der Waals surface area contributed by atoms with Gasteiger partial charge in [-0.1, -0.05) is 22.1 Å². The Balaban J connectivity index is 1.41. The van der Waals surface area contributed by atoms with Crippen molar-refractivity contribution in [2.75, 3.05) is 38.2 Å². The van der Waals surface area contributed by atoms with Gasteiger partial charge in [-0.05, 0) is 12.1 Å². The molecule has 0 bridgehead atoms. The number of methoxy groups -OCH3 is 1. The summed E-state index contributed by atoms with van der Waals surface area (Å²) in [6, 6.07) is 9.48. The summed E-state index contributed by atoms with van der Waals surface area (Å²) in [6.45, 7) is 4.44. The maximum atomic E-state index is 9.92. The van der Waals surface area contributed by atoms with Crippen LogP contribution in [-0.2, 0) is 6.54 Å². The third-order valence-electron chi connectivity index (χ3n) is 4.36. The number of rotatable bonds is 4. The fourth-order valence-corrected chi connectivity index (χ4v) is 4.00. The van der Waals surface area contributed by atoms with Gasteiger partial charge < -0.3 is 9.94 Å². The summed E-state index contributed by atoms with van der Waals surface area (Å²) in [5.74, 6) is 1.45. The smallest absolute Gasteiger partial charge is 0.316 e. The molecule has 0 saturated carbocycles. The SMILES string of the molecule is COc1ccc2nc(CN3CCN(c4cccc[n+]4O)CC3)sc2n1. The van der Waals surface area contributed by atoms with Gasteiger partial charge in [0.25, 0.3) is 0 Å². The van der Waals surface area contributed by atoms with Crippen molar-refractivity contribution in [3.05, 3.63) is 41.5 Å². The maximum Gasteiger partial charge on any atom is 0.316 e. The van der Waals surface area contributed by atoms with E-state index >= 15 is 0 Å². The number of thiazole rings is 1. The number of nitrogens with zero attached hydrogens (tertiary/aromatic N) is 5. The molecule has 0 radical (unpaired) electrons. The fraction of sp³-hybridized carbons (Fsp3) is 0.353. The van der Waals surface area contributed by atoms with E-state index in [9.17, 15) is 5.21 Å². The Bertz CT molecular complexity index is 876. The molecule has 0 atom stereocenters. The third kappa shape index (κ3) is 3.35. The van der Waals surface area contributed by atoms with Crippen molar-refractivity contribution < 1.29 is 14.7 Å². The highest BCUT2D eigenvalue weighted by molar-refractivity contribution is 7.18. The van der Waals surface area contributed by atoms with Crippen LogP contribution in [0.15, 0.2) is 36.5 Å². The summed E-state index contributed by atoms with van der Waals surface area (Å²) in [5, 5.41) is 11.0. The molecule has 25 heavy (non-hydrogen) atoms. The maximum absolute atomic E-state index is 9.92. The topological polar surface area (TPSA) is 65.6 Å². The Morgan fingerprint density at radius 2 is 2.00 bits per heavy atom. The molecule has 1 saturated heterocycles. The van der Waals surface area contributed by atoms with E-state index in [1.807, 2.05) is 30.3 Å². The van der Waals surface area contributed by atoms with Gasteiger partial charge in [-0.15, -0.1) is 0 Å². The lowest BCUT2D eigenvalue weighted by atomic mass is 10.3. The van der Waals surface area contributed by atoms with Crippen LogP contribution < -0.4 is 14.4 Å². The molecule has 7 nitrogen and oxygen atoms in total. The first-order valence-corrected chi connectivity index (χ1v) is 9.02. The van der Waals surface area contributed by atoms with Crippen molar-refractivity contribution in [3.63, 3.8) is 0 Å². The zero-order chi connectivity index (χ0) is 17.2. The van der Waals surface area contributed by atoms with Crippen LogP contribution in [0.2, 0.25) is 0 Å². The minimum atomic E-state index is 0.622. The van der Waals surface area contributed by atoms with Crippen molar-refractivity contribution in [1.29, 1.82) is 0 Å². The molecular formula is C17H20N5O2S+. The van der Waals surface area contributed by atoms with Crippen LogP contribution in [0.3, 0.4) is 0 Å². The van der Waals surface area contributed by atoms with E-state index in [0.717, 1.165) is 53.9 Å². The predicted octanol–water partition coefficient (Wildman–Crippen LogP) is 1.55. The lowest BCUT2D eigenvalue weighted by Crippen LogP contribution is -2.50. The first-order chi connectivity index (χ1) is 12.2. The standard InChI is InChI=1S/C17H20N5O2S/c1-24-14-6-5-13-17(19-14)25-15(18-13)12-20-8-10-21(11-9-20)16-4-2-3-7-22(16)23/h2-7,23H,8-12H2,1H3/q+1. The zero-order valence-corrected chi connectivity index (χ0v) is 14.8. The molecule has 4 heterocycles. The van der Waals surface area contributed by atoms with E-state index in [-0.39, 0.29) is 0 Å². The molecule has 3 aromatic rings. The molecule has 1 fully saturated rings. The molecule has 3 aromatic heterocycles. The van der Waals surface area contributed by atoms with Crippen LogP contribution in [0.5, 0.6) is 5.88 Å². The van der Waals surface area contributed by atoms with E-state index in [2.05, 4.69) is 19.8 Å². The van der Waals surface area contributed by atoms with Crippen molar-refractivity contribution in [1.82, 2.24) is 14.9 Å². The molecular weight excluding hydrogens is 338 g/mol. The number of piperazine rings is 1. The Morgan fingerprint density at radius 3 is 2.76 bits per heavy atom. The molecule has 1 aliphatic heterocycles. The lowest BCUT2D eigenvalue weighted by Gasteiger charge is -2.30. The number of fused-ring (bicyclic) bond motifs is 1. The Morgan fingerprint density at radius 1 is 1.16 bits per heavy atom. The van der Waals surface area contributed by atoms with E-state index in [1.54, 1.807) is 24.6 Å². The summed E-state index contributed by atoms with van der Waals surface area (Å²) in [7, 11) is 1.62. The van der Waals surface area contributed by atoms with Crippen LogP contribution in [0, 0.1) is 0 Å². The molecule has 0 unspecified atom stereocenters. The Hall–Kier alpha value is -2.45. The highest BCUT2D eigenvalue weighted by Gasteiger charge is 2.26. The molecule has 0 aromatic carbocycles. The molecule has 8 heteroatoms. The molecule has 130 valence electrons. The molecule has 4 rings (SSSR count). The largest absolute Gasteiger partial charge is 0.481 e. The monoisotopic (exact) mass is 358 g/mol. The van der Waals surface area contributed by atoms with E-state index < -0.39 is 0 Å². The second-order valence-corrected chi connectivity index (χ2v) is 7.01. The van der Waals surface area contributed by atoms with Gasteiger partial charge in [0.05, 0.1) is 26.7 Å². The second kappa shape index (κ2) is 6.81. The first kappa shape index (κ1) is 16.0. The number of pyridine rings is 2. The summed E-state index contributed by atoms with van der Waals surface area (Å²) in [6.07, 6.45) is 1.66. The Labute approximate surface area is 149 Å². The fourth-order valence-electron chi connectivity index (χ4n) is 3.03. The highest BCUT2D eigenvalue weighted by Crippen LogP contribution is 2.24. The number of aromatic nitrogens is 3. The first-order valence-electron chi connectivity index (χ1n) is 8.20. The quantitative estimate of drug-likeness (QED) is 0.564. The van der Waals surface area contributed by atoms with Crippen molar-refractivity contribution in [3.8, 4) is 5.88 Å². The van der Waals surface area contributed by atoms with Gasteiger partial charge in [0.15, 0.2) is 0 Å². The molecule has 0 aliphatic carbocycles. The number of hydrogen-bond donors (Lipinski definition) is 1. The number of anilines is 1. The Kier molecular flexibility index (Phi) is 4.37. The summed E-state index contributed by atoms with van der Waals surface area (Å²) >= 11 is 1.62. The van der Waals surface area contributed by atoms with E-state index in [0.29, 0.717) is 5.88 Å². The number of hydrogen-bond acceptors (Lipinski definition) is 7. The molecule has 0 spiro atoms. The van der Waals surface area contributed by atoms with Crippen molar-refractivity contribution in [2.24, 2.45) is 0 Å². The number of ether oxygens (including phenoxy) is 1. The highest BCUT2D eigenvalue weighted by atomic mass is 32.1. The van der Waals surface area contributed by atoms with Crippen LogP contribution in [-0.4, -0.2) is 53.4 Å². The molecule has 1 aliphatic rings.